The highest BCUT2D eigenvalue weighted by atomic mass is 16.7. The maximum atomic E-state index is 13.9. The minimum Gasteiger partial charge on any atom is -0.462 e. The second kappa shape index (κ2) is 29.9. The Morgan fingerprint density at radius 1 is 0.694 bits per heavy atom. The molecule has 0 spiro atoms. The summed E-state index contributed by atoms with van der Waals surface area (Å²) in [6.07, 6.45) is 3.68. The molecule has 19 heteroatoms. The van der Waals surface area contributed by atoms with Gasteiger partial charge in [0.1, 0.15) is 12.2 Å². The molecular weight excluding hydrogens is 937 g/mol. The molecule has 0 radical (unpaired) electrons. The van der Waals surface area contributed by atoms with Crippen LogP contribution in [0.2, 0.25) is 0 Å². The van der Waals surface area contributed by atoms with Crippen LogP contribution in [0.1, 0.15) is 99.8 Å². The summed E-state index contributed by atoms with van der Waals surface area (Å²) >= 11 is 0. The molecule has 3 heterocycles. The molecule has 1 amide bonds. The normalized spacial score (nSPS) is 42.4. The predicted molar refractivity (Wildman–Crippen MR) is 267 cm³/mol. The second-order valence-corrected chi connectivity index (χ2v) is 20.6. The van der Waals surface area contributed by atoms with Crippen LogP contribution in [0.5, 0.6) is 0 Å². The molecule has 3 aliphatic rings. The van der Waals surface area contributed by atoms with Gasteiger partial charge in [-0.15, -0.1) is 0 Å². The molecule has 0 aromatic carbocycles. The zero-order valence-corrected chi connectivity index (χ0v) is 42.7. The van der Waals surface area contributed by atoms with Crippen LogP contribution >= 0.6 is 0 Å². The molecule has 3 aliphatic heterocycles. The number of fused-ring (bicyclic) bond motifs is 2. The number of hydrogen-bond acceptors (Lipinski definition) is 18. The van der Waals surface area contributed by atoms with Crippen LogP contribution in [0.25, 0.3) is 0 Å². The summed E-state index contributed by atoms with van der Waals surface area (Å²) in [6.45, 7) is 11.4. The third-order valence-corrected chi connectivity index (χ3v) is 13.3. The highest BCUT2D eigenvalue weighted by Crippen LogP contribution is 2.38. The Balaban J connectivity index is 1.96. The number of hydrogen-bond donors (Lipinski definition) is 12. The van der Waals surface area contributed by atoms with E-state index in [9.17, 15) is 65.4 Å². The van der Waals surface area contributed by atoms with Gasteiger partial charge in [0.15, 0.2) is 17.9 Å². The number of rotatable bonds is 5. The molecule has 19 nitrogen and oxygen atoms in total. The van der Waals surface area contributed by atoms with Crippen LogP contribution in [0.15, 0.2) is 85.1 Å². The molecule has 3 rings (SSSR count). The summed E-state index contributed by atoms with van der Waals surface area (Å²) in [7, 11) is 0. The zero-order valence-electron chi connectivity index (χ0n) is 42.7. The Labute approximate surface area is 424 Å². The fourth-order valence-electron chi connectivity index (χ4n) is 8.54. The van der Waals surface area contributed by atoms with Crippen LogP contribution in [-0.2, 0) is 33.3 Å². The number of carbonyl (C=O) groups is 3. The summed E-state index contributed by atoms with van der Waals surface area (Å²) in [5.74, 6) is -6.31. The van der Waals surface area contributed by atoms with Crippen molar-refractivity contribution in [2.45, 2.75) is 197 Å². The predicted octanol–water partition coefficient (Wildman–Crippen LogP) is 1.36. The summed E-state index contributed by atoms with van der Waals surface area (Å²) in [5.41, 5.74) is 5.29. The third-order valence-electron chi connectivity index (χ3n) is 13.3. The van der Waals surface area contributed by atoms with Gasteiger partial charge in [-0.3, -0.25) is 14.4 Å². The number of cyclic esters (lactones) is 1. The van der Waals surface area contributed by atoms with Crippen molar-refractivity contribution in [3.8, 4) is 0 Å². The molecular formula is C53H84N2O17. The highest BCUT2D eigenvalue weighted by Gasteiger charge is 2.51. The number of carbonyl (C=O) groups excluding carboxylic acids is 3. The van der Waals surface area contributed by atoms with Crippen molar-refractivity contribution in [3.05, 3.63) is 85.1 Å². The molecule has 408 valence electrons. The summed E-state index contributed by atoms with van der Waals surface area (Å²) < 4.78 is 23.7. The number of aliphatic hydroxyl groups excluding tert-OH is 9. The van der Waals surface area contributed by atoms with E-state index in [4.69, 9.17) is 24.7 Å². The molecule has 0 aliphatic carbocycles. The van der Waals surface area contributed by atoms with Crippen LogP contribution in [0.3, 0.4) is 0 Å². The van der Waals surface area contributed by atoms with E-state index >= 15 is 0 Å². The first-order valence-electron chi connectivity index (χ1n) is 25.0. The van der Waals surface area contributed by atoms with E-state index in [0.717, 1.165) is 0 Å². The van der Waals surface area contributed by atoms with E-state index in [2.05, 4.69) is 5.32 Å². The Kier molecular flexibility index (Phi) is 26.0. The maximum Gasteiger partial charge on any atom is 0.308 e. The molecule has 0 saturated carbocycles. The molecule has 0 aromatic rings. The fraction of sp³-hybridized carbons (Fsp3) is 0.679. The van der Waals surface area contributed by atoms with E-state index in [1.807, 2.05) is 31.2 Å². The first-order valence-corrected chi connectivity index (χ1v) is 25.0. The van der Waals surface area contributed by atoms with Crippen molar-refractivity contribution in [2.24, 2.45) is 28.9 Å². The summed E-state index contributed by atoms with van der Waals surface area (Å²) in [5, 5.41) is 112. The molecule has 19 atom stereocenters. The van der Waals surface area contributed by atoms with Gasteiger partial charge in [0.2, 0.25) is 5.91 Å². The SMILES string of the molecule is CC1OC(O[C@H]2/C=C/C=C/C=C/C=C/C=C/C=C/C=C/[C@H](C)[C@@H](O)[C@@H](C)[C@H](C)OC(=O)C[C@H](O)C[C@H](O)CC[C@@H](O)[C@H](O)C[C@H](O)C[C@]3(O)C[C@H](O)[C@@H](C(=O)NCC(=O)C(C)(C)C)[C@H](C2)O3)C(O)C(N)C1O. The van der Waals surface area contributed by atoms with E-state index in [-0.39, 0.29) is 43.9 Å². The van der Waals surface area contributed by atoms with E-state index in [1.54, 1.807) is 102 Å². The van der Waals surface area contributed by atoms with E-state index < -0.39 is 152 Å². The van der Waals surface area contributed by atoms with Gasteiger partial charge in [0, 0.05) is 42.9 Å². The van der Waals surface area contributed by atoms with Crippen molar-refractivity contribution in [1.82, 2.24) is 5.32 Å². The number of aliphatic hydroxyl groups is 10. The molecule has 5 unspecified atom stereocenters. The van der Waals surface area contributed by atoms with Gasteiger partial charge in [-0.05, 0) is 33.1 Å². The molecule has 2 fully saturated rings. The van der Waals surface area contributed by atoms with Crippen molar-refractivity contribution in [3.63, 3.8) is 0 Å². The third kappa shape index (κ3) is 20.9. The monoisotopic (exact) mass is 1020 g/mol. The first-order chi connectivity index (χ1) is 33.7. The number of ether oxygens (including phenoxy) is 4. The molecule has 0 aromatic heterocycles. The van der Waals surface area contributed by atoms with Gasteiger partial charge in [0.05, 0.1) is 92.1 Å². The number of nitrogens with two attached hydrogens (primary N) is 1. The van der Waals surface area contributed by atoms with E-state index in [0.29, 0.717) is 0 Å². The Morgan fingerprint density at radius 2 is 1.26 bits per heavy atom. The summed E-state index contributed by atoms with van der Waals surface area (Å²) in [4.78, 5) is 39.4. The number of esters is 1. The number of allylic oxidation sites excluding steroid dienone is 12. The van der Waals surface area contributed by atoms with Crippen molar-refractivity contribution in [2.75, 3.05) is 6.54 Å². The average molecular weight is 1020 g/mol. The van der Waals surface area contributed by atoms with Gasteiger partial charge in [-0.2, -0.15) is 0 Å². The van der Waals surface area contributed by atoms with Crippen LogP contribution in [0, 0.1) is 23.2 Å². The minimum atomic E-state index is -2.33. The molecule has 2 bridgehead atoms. The summed E-state index contributed by atoms with van der Waals surface area (Å²) in [6, 6.07) is -1.16. The zero-order chi connectivity index (χ0) is 53.9. The molecule has 72 heavy (non-hydrogen) atoms. The van der Waals surface area contributed by atoms with Crippen LogP contribution in [0.4, 0.5) is 0 Å². The van der Waals surface area contributed by atoms with Gasteiger partial charge < -0.3 is 81.1 Å². The lowest BCUT2D eigenvalue weighted by Crippen LogP contribution is -2.62. The second-order valence-electron chi connectivity index (χ2n) is 20.6. The fourth-order valence-corrected chi connectivity index (χ4v) is 8.54. The van der Waals surface area contributed by atoms with Crippen LogP contribution in [-0.4, -0.2) is 173 Å². The largest absolute Gasteiger partial charge is 0.462 e. The first kappa shape index (κ1) is 62.5. The van der Waals surface area contributed by atoms with Gasteiger partial charge in [-0.1, -0.05) is 120 Å². The number of nitrogens with one attached hydrogen (secondary N) is 1. The highest BCUT2D eigenvalue weighted by molar-refractivity contribution is 5.90. The topological polar surface area (TPSA) is 328 Å². The minimum absolute atomic E-state index is 0.113. The van der Waals surface area contributed by atoms with E-state index in [1.165, 1.54) is 0 Å². The lowest BCUT2D eigenvalue weighted by atomic mass is 9.82. The lowest BCUT2D eigenvalue weighted by Gasteiger charge is -2.46. The Hall–Kier alpha value is -3.77. The van der Waals surface area contributed by atoms with Crippen molar-refractivity contribution in [1.29, 1.82) is 0 Å². The smallest absolute Gasteiger partial charge is 0.308 e. The number of ketones is 1. The quantitative estimate of drug-likeness (QED) is 0.173. The Morgan fingerprint density at radius 3 is 1.85 bits per heavy atom. The molecule has 13 N–H and O–H groups in total. The number of amides is 1. The average Bonchev–Trinajstić information content (AvgIpc) is 3.28. The van der Waals surface area contributed by atoms with Crippen LogP contribution < -0.4 is 11.1 Å². The van der Waals surface area contributed by atoms with Gasteiger partial charge >= 0.3 is 5.97 Å². The van der Waals surface area contributed by atoms with Crippen molar-refractivity contribution < 1.29 is 84.4 Å². The van der Waals surface area contributed by atoms with Gasteiger partial charge in [-0.25, -0.2) is 0 Å². The molecule has 2 saturated heterocycles. The maximum absolute atomic E-state index is 13.9. The standard InChI is InChI=1S/C53H84N2O17/c1-31-20-18-16-14-12-10-8-9-11-13-15-17-19-21-38(71-51-49(66)46(54)48(65)34(4)70-51)27-42-45(50(67)55-30-43(62)52(5,6)7)41(61)29-53(68,72-42)28-37(58)25-40(60)39(59)23-22-35(56)24-36(57)26-44(63)69-33(3)32(2)47(31)64/h8-21,31-42,45-49,51,56-61,64-66,68H,22-30,54H2,1-7H3,(H,55,67)/b9-8+,12-10+,13-11+,16-14+,17-15+,20-18+,21-19+/t31-,32-,33-,34?,35+,36+,37-,38-,39+,40+,41-,42-,45+,46?,47+,48?,49?,51?,53+/m0/s1. The Bertz CT molecular complexity index is 1900. The van der Waals surface area contributed by atoms with Crippen molar-refractivity contribution >= 4 is 17.7 Å². The van der Waals surface area contributed by atoms with Gasteiger partial charge in [0.25, 0.3) is 0 Å². The number of Topliss-reactive ketones (excluding diaryl/α,β-unsaturated/α-hetero) is 1. The lowest BCUT2D eigenvalue weighted by molar-refractivity contribution is -0.307.